The molecule has 1 atom stereocenters. The van der Waals surface area contributed by atoms with Gasteiger partial charge in [-0.15, -0.1) is 0 Å². The number of nitrogens with one attached hydrogen (secondary N) is 1. The highest BCUT2D eigenvalue weighted by Crippen LogP contribution is 2.26. The molecule has 11 heteroatoms. The topological polar surface area (TPSA) is 110 Å². The quantitative estimate of drug-likeness (QED) is 0.555. The number of carbonyl (C=O) groups excluding carboxylic acids is 1. The van der Waals surface area contributed by atoms with E-state index in [0.29, 0.717) is 43.5 Å². The first-order chi connectivity index (χ1) is 14.4. The molecule has 0 saturated carbocycles. The molecule has 1 saturated heterocycles. The first-order valence-corrected chi connectivity index (χ1v) is 10.8. The SMILES string of the molecule is C[C@@H](COCCC(=O)N1CCC(c2ncc(Cl)cn2)CC1)Oc1cn[nH]c(=O)c1Br. The molecule has 2 aromatic rings. The second-order valence-corrected chi connectivity index (χ2v) is 8.27. The van der Waals surface area contributed by atoms with Crippen LogP contribution in [0, 0.1) is 0 Å². The summed E-state index contributed by atoms with van der Waals surface area (Å²) in [6, 6.07) is 0. The van der Waals surface area contributed by atoms with Crippen LogP contribution in [0.2, 0.25) is 5.02 Å². The summed E-state index contributed by atoms with van der Waals surface area (Å²) in [5.41, 5.74) is -0.363. The second-order valence-electron chi connectivity index (χ2n) is 7.05. The molecule has 0 spiro atoms. The van der Waals surface area contributed by atoms with Gasteiger partial charge in [0.05, 0.1) is 30.9 Å². The summed E-state index contributed by atoms with van der Waals surface area (Å²) < 4.78 is 11.5. The van der Waals surface area contributed by atoms with Crippen LogP contribution in [0.15, 0.2) is 27.9 Å². The summed E-state index contributed by atoms with van der Waals surface area (Å²) in [5.74, 6) is 1.45. The number of H-pyrrole nitrogens is 1. The number of piperidine rings is 1. The molecule has 9 nitrogen and oxygen atoms in total. The van der Waals surface area contributed by atoms with Crippen molar-refractivity contribution in [1.82, 2.24) is 25.1 Å². The number of rotatable bonds is 8. The van der Waals surface area contributed by atoms with E-state index in [2.05, 4.69) is 36.1 Å². The molecule has 3 heterocycles. The van der Waals surface area contributed by atoms with Crippen molar-refractivity contribution < 1.29 is 14.3 Å². The van der Waals surface area contributed by atoms with E-state index in [1.807, 2.05) is 11.8 Å². The maximum atomic E-state index is 12.4. The molecule has 0 unspecified atom stereocenters. The van der Waals surface area contributed by atoms with Crippen LogP contribution in [0.4, 0.5) is 0 Å². The third-order valence-corrected chi connectivity index (χ3v) is 5.70. The van der Waals surface area contributed by atoms with Crippen molar-refractivity contribution in [3.05, 3.63) is 44.3 Å². The fourth-order valence-electron chi connectivity index (χ4n) is 3.19. The van der Waals surface area contributed by atoms with Crippen molar-refractivity contribution in [2.24, 2.45) is 0 Å². The molecule has 162 valence electrons. The van der Waals surface area contributed by atoms with Crippen LogP contribution in [0.25, 0.3) is 0 Å². The summed E-state index contributed by atoms with van der Waals surface area (Å²) in [6.07, 6.45) is 6.31. The Morgan fingerprint density at radius 3 is 2.73 bits per heavy atom. The summed E-state index contributed by atoms with van der Waals surface area (Å²) in [6.45, 7) is 3.78. The van der Waals surface area contributed by atoms with Crippen LogP contribution in [-0.4, -0.2) is 63.4 Å². The minimum absolute atomic E-state index is 0.0700. The average molecular weight is 501 g/mol. The largest absolute Gasteiger partial charge is 0.485 e. The zero-order chi connectivity index (χ0) is 21.5. The zero-order valence-corrected chi connectivity index (χ0v) is 18.9. The number of nitrogens with zero attached hydrogens (tertiary/aromatic N) is 4. The zero-order valence-electron chi connectivity index (χ0n) is 16.5. The predicted octanol–water partition coefficient (Wildman–Crippen LogP) is 2.56. The number of carbonyl (C=O) groups is 1. The number of hydrogen-bond donors (Lipinski definition) is 1. The van der Waals surface area contributed by atoms with Crippen LogP contribution in [0.5, 0.6) is 5.75 Å². The van der Waals surface area contributed by atoms with Gasteiger partial charge in [-0.1, -0.05) is 11.6 Å². The Hall–Kier alpha value is -2.04. The molecule has 1 N–H and O–H groups in total. The van der Waals surface area contributed by atoms with Gasteiger partial charge in [0, 0.05) is 31.4 Å². The van der Waals surface area contributed by atoms with Gasteiger partial charge in [0.15, 0.2) is 5.75 Å². The van der Waals surface area contributed by atoms with Crippen molar-refractivity contribution in [3.63, 3.8) is 0 Å². The van der Waals surface area contributed by atoms with E-state index >= 15 is 0 Å². The van der Waals surface area contributed by atoms with Crippen LogP contribution < -0.4 is 10.3 Å². The average Bonchev–Trinajstić information content (AvgIpc) is 2.75. The lowest BCUT2D eigenvalue weighted by molar-refractivity contribution is -0.133. The van der Waals surface area contributed by atoms with Crippen molar-refractivity contribution in [2.45, 2.75) is 38.2 Å². The maximum absolute atomic E-state index is 12.4. The van der Waals surface area contributed by atoms with E-state index < -0.39 is 0 Å². The molecule has 1 amide bonds. The van der Waals surface area contributed by atoms with Crippen LogP contribution in [-0.2, 0) is 9.53 Å². The number of aromatic nitrogens is 4. The van der Waals surface area contributed by atoms with E-state index in [4.69, 9.17) is 21.1 Å². The minimum Gasteiger partial charge on any atom is -0.485 e. The lowest BCUT2D eigenvalue weighted by Crippen LogP contribution is -2.38. The second kappa shape index (κ2) is 10.8. The molecule has 0 radical (unpaired) electrons. The van der Waals surface area contributed by atoms with E-state index in [9.17, 15) is 9.59 Å². The molecule has 1 fully saturated rings. The highest BCUT2D eigenvalue weighted by molar-refractivity contribution is 9.10. The van der Waals surface area contributed by atoms with Crippen molar-refractivity contribution >= 4 is 33.4 Å². The van der Waals surface area contributed by atoms with Gasteiger partial charge in [-0.3, -0.25) is 9.59 Å². The number of aromatic amines is 1. The summed E-state index contributed by atoms with van der Waals surface area (Å²) in [5, 5.41) is 6.53. The maximum Gasteiger partial charge on any atom is 0.282 e. The van der Waals surface area contributed by atoms with Gasteiger partial charge in [-0.2, -0.15) is 5.10 Å². The Kier molecular flexibility index (Phi) is 8.17. The van der Waals surface area contributed by atoms with E-state index in [1.54, 1.807) is 12.4 Å². The molecule has 0 bridgehead atoms. The molecule has 1 aliphatic heterocycles. The molecule has 0 aliphatic carbocycles. The van der Waals surface area contributed by atoms with E-state index in [0.717, 1.165) is 18.7 Å². The number of hydrogen-bond acceptors (Lipinski definition) is 7. The van der Waals surface area contributed by atoms with E-state index in [1.165, 1.54) is 6.20 Å². The molecular weight excluding hydrogens is 478 g/mol. The molecule has 30 heavy (non-hydrogen) atoms. The standard InChI is InChI=1S/C19H23BrClN5O4/c1-12(30-15-10-24-25-19(28)17(15)20)11-29-7-4-16(27)26-5-2-13(3-6-26)18-22-8-14(21)9-23-18/h8-10,12-13H,2-7,11H2,1H3,(H,25,28)/t12-/m0/s1. The molecule has 2 aromatic heterocycles. The van der Waals surface area contributed by atoms with Crippen molar-refractivity contribution in [2.75, 3.05) is 26.3 Å². The van der Waals surface area contributed by atoms with Gasteiger partial charge in [-0.05, 0) is 35.7 Å². The lowest BCUT2D eigenvalue weighted by atomic mass is 9.96. The van der Waals surface area contributed by atoms with E-state index in [-0.39, 0.29) is 28.0 Å². The number of ether oxygens (including phenoxy) is 2. The molecule has 1 aliphatic rings. The Bertz CT molecular complexity index is 903. The fourth-order valence-corrected chi connectivity index (χ4v) is 3.57. The van der Waals surface area contributed by atoms with Crippen molar-refractivity contribution in [3.8, 4) is 5.75 Å². The van der Waals surface area contributed by atoms with Crippen molar-refractivity contribution in [1.29, 1.82) is 0 Å². The highest BCUT2D eigenvalue weighted by Gasteiger charge is 2.25. The summed E-state index contributed by atoms with van der Waals surface area (Å²) in [4.78, 5) is 34.3. The number of amides is 1. The molecular formula is C19H23BrClN5O4. The summed E-state index contributed by atoms with van der Waals surface area (Å²) in [7, 11) is 0. The van der Waals surface area contributed by atoms with Gasteiger partial charge in [-0.25, -0.2) is 15.1 Å². The van der Waals surface area contributed by atoms with Gasteiger partial charge in [0.2, 0.25) is 5.91 Å². The Labute approximate surface area is 187 Å². The monoisotopic (exact) mass is 499 g/mol. The first-order valence-electron chi connectivity index (χ1n) is 9.67. The van der Waals surface area contributed by atoms with Crippen LogP contribution in [0.1, 0.15) is 37.9 Å². The lowest BCUT2D eigenvalue weighted by Gasteiger charge is -2.31. The third-order valence-electron chi connectivity index (χ3n) is 4.76. The third kappa shape index (κ3) is 6.23. The Morgan fingerprint density at radius 2 is 2.03 bits per heavy atom. The van der Waals surface area contributed by atoms with Gasteiger partial charge in [0.1, 0.15) is 16.4 Å². The normalized spacial score (nSPS) is 15.8. The Morgan fingerprint density at radius 1 is 1.33 bits per heavy atom. The van der Waals surface area contributed by atoms with Crippen LogP contribution in [0.3, 0.4) is 0 Å². The number of halogens is 2. The van der Waals surface area contributed by atoms with Crippen LogP contribution >= 0.6 is 27.5 Å². The molecule has 3 rings (SSSR count). The summed E-state index contributed by atoms with van der Waals surface area (Å²) >= 11 is 8.99. The van der Waals surface area contributed by atoms with Gasteiger partial charge >= 0.3 is 0 Å². The first kappa shape index (κ1) is 22.6. The minimum atomic E-state index is -0.363. The Balaban J connectivity index is 1.34. The predicted molar refractivity (Wildman–Crippen MR) is 114 cm³/mol. The highest BCUT2D eigenvalue weighted by atomic mass is 79.9. The number of likely N-dealkylation sites (tertiary alicyclic amines) is 1. The molecule has 0 aromatic carbocycles. The van der Waals surface area contributed by atoms with Gasteiger partial charge in [0.25, 0.3) is 5.56 Å². The fraction of sp³-hybridized carbons (Fsp3) is 0.526. The smallest absolute Gasteiger partial charge is 0.282 e. The van der Waals surface area contributed by atoms with Gasteiger partial charge < -0.3 is 14.4 Å².